The molecule has 0 aliphatic rings. The fourth-order valence-corrected chi connectivity index (χ4v) is 1.59. The lowest BCUT2D eigenvalue weighted by Gasteiger charge is -2.03. The van der Waals surface area contributed by atoms with Gasteiger partial charge in [-0.3, -0.25) is 4.99 Å². The number of benzene rings is 2. The van der Waals surface area contributed by atoms with Crippen LogP contribution in [0.4, 0.5) is 5.69 Å². The first-order valence-electron chi connectivity index (χ1n) is 5.84. The molecule has 0 atom stereocenters. The van der Waals surface area contributed by atoms with Crippen molar-refractivity contribution >= 4 is 17.9 Å². The summed E-state index contributed by atoms with van der Waals surface area (Å²) in [5.74, 6) is -0.593. The van der Waals surface area contributed by atoms with E-state index in [1.54, 1.807) is 36.5 Å². The second-order valence-corrected chi connectivity index (χ2v) is 4.04. The molecule has 2 N–H and O–H groups in total. The second-order valence-electron chi connectivity index (χ2n) is 4.04. The molecule has 5 nitrogen and oxygen atoms in total. The molecule has 5 heteroatoms. The molecule has 0 amide bonds. The van der Waals surface area contributed by atoms with E-state index in [1.807, 2.05) is 0 Å². The van der Waals surface area contributed by atoms with Crippen LogP contribution in [0.2, 0.25) is 0 Å². The first-order chi connectivity index (χ1) is 9.60. The average Bonchev–Trinajstić information content (AvgIpc) is 2.47. The normalized spacial score (nSPS) is 10.7. The second kappa shape index (κ2) is 5.88. The maximum Gasteiger partial charge on any atom is 0.341 e. The first kappa shape index (κ1) is 13.6. The number of nitrogens with zero attached hydrogens (tertiary/aromatic N) is 1. The Balaban J connectivity index is 2.25. The zero-order chi connectivity index (χ0) is 14.5. The Morgan fingerprint density at radius 3 is 2.50 bits per heavy atom. The minimum atomic E-state index is -0.621. The Bertz CT molecular complexity index is 647. The summed E-state index contributed by atoms with van der Waals surface area (Å²) >= 11 is 0. The van der Waals surface area contributed by atoms with Gasteiger partial charge in [0, 0.05) is 6.21 Å². The number of ether oxygens (including phenoxy) is 1. The summed E-state index contributed by atoms with van der Waals surface area (Å²) in [6.45, 7) is 0. The summed E-state index contributed by atoms with van der Waals surface area (Å²) in [5.41, 5.74) is 1.37. The van der Waals surface area contributed by atoms with Crippen LogP contribution in [-0.4, -0.2) is 29.5 Å². The number of aromatic hydroxyl groups is 2. The van der Waals surface area contributed by atoms with E-state index in [0.29, 0.717) is 5.69 Å². The minimum Gasteiger partial charge on any atom is -0.508 e. The van der Waals surface area contributed by atoms with Gasteiger partial charge in [0.2, 0.25) is 0 Å². The van der Waals surface area contributed by atoms with Crippen LogP contribution in [0.15, 0.2) is 47.5 Å². The Morgan fingerprint density at radius 2 is 1.85 bits per heavy atom. The zero-order valence-corrected chi connectivity index (χ0v) is 10.8. The molecular weight excluding hydrogens is 258 g/mol. The van der Waals surface area contributed by atoms with Gasteiger partial charge in [-0.2, -0.15) is 0 Å². The van der Waals surface area contributed by atoms with Crippen LogP contribution in [0.3, 0.4) is 0 Å². The number of methoxy groups -OCH3 is 1. The van der Waals surface area contributed by atoms with Crippen molar-refractivity contribution in [1.82, 2.24) is 0 Å². The fraction of sp³-hybridized carbons (Fsp3) is 0.0667. The number of esters is 1. The van der Waals surface area contributed by atoms with Gasteiger partial charge >= 0.3 is 5.97 Å². The van der Waals surface area contributed by atoms with Crippen molar-refractivity contribution in [1.29, 1.82) is 0 Å². The fourth-order valence-electron chi connectivity index (χ4n) is 1.59. The predicted molar refractivity (Wildman–Crippen MR) is 74.8 cm³/mol. The molecule has 0 saturated carbocycles. The lowest BCUT2D eigenvalue weighted by atomic mass is 10.2. The molecule has 0 aliphatic carbocycles. The molecular formula is C15H13NO4. The highest BCUT2D eigenvalue weighted by Gasteiger charge is 2.11. The first-order valence-corrected chi connectivity index (χ1v) is 5.84. The van der Waals surface area contributed by atoms with E-state index < -0.39 is 5.97 Å². The van der Waals surface area contributed by atoms with Crippen LogP contribution >= 0.6 is 0 Å². The minimum absolute atomic E-state index is 0.0628. The van der Waals surface area contributed by atoms with Gasteiger partial charge in [0.05, 0.1) is 12.8 Å². The number of carbonyl (C=O) groups is 1. The van der Waals surface area contributed by atoms with E-state index in [-0.39, 0.29) is 17.1 Å². The monoisotopic (exact) mass is 271 g/mol. The van der Waals surface area contributed by atoms with Crippen molar-refractivity contribution in [3.05, 3.63) is 53.6 Å². The van der Waals surface area contributed by atoms with Crippen molar-refractivity contribution in [2.24, 2.45) is 4.99 Å². The predicted octanol–water partition coefficient (Wildman–Crippen LogP) is 2.64. The zero-order valence-electron chi connectivity index (χ0n) is 10.8. The molecule has 0 spiro atoms. The number of hydrogen-bond donors (Lipinski definition) is 2. The summed E-state index contributed by atoms with van der Waals surface area (Å²) in [5, 5.41) is 18.7. The maximum absolute atomic E-state index is 11.4. The molecule has 0 bridgehead atoms. The van der Waals surface area contributed by atoms with Crippen LogP contribution < -0.4 is 0 Å². The van der Waals surface area contributed by atoms with E-state index in [0.717, 1.165) is 5.56 Å². The molecule has 2 rings (SSSR count). The van der Waals surface area contributed by atoms with Gasteiger partial charge < -0.3 is 14.9 Å². The average molecular weight is 271 g/mol. The Labute approximate surface area is 115 Å². The standard InChI is InChI=1S/C15H13NO4/c1-20-15(19)13-8-11(4-7-14(13)18)16-9-10-2-5-12(17)6-3-10/h2-9,17-18H,1H3/b16-9+. The summed E-state index contributed by atoms with van der Waals surface area (Å²) in [6.07, 6.45) is 1.59. The van der Waals surface area contributed by atoms with Gasteiger partial charge in [-0.25, -0.2) is 4.79 Å². The van der Waals surface area contributed by atoms with Crippen molar-refractivity contribution < 1.29 is 19.7 Å². The topological polar surface area (TPSA) is 79.1 Å². The lowest BCUT2D eigenvalue weighted by Crippen LogP contribution is -2.00. The largest absolute Gasteiger partial charge is 0.508 e. The number of aliphatic imine (C=N–C) groups is 1. The van der Waals surface area contributed by atoms with Crippen molar-refractivity contribution in [3.63, 3.8) is 0 Å². The van der Waals surface area contributed by atoms with Gasteiger partial charge in [0.1, 0.15) is 17.1 Å². The van der Waals surface area contributed by atoms with E-state index in [2.05, 4.69) is 9.73 Å². The van der Waals surface area contributed by atoms with Gasteiger partial charge in [-0.1, -0.05) is 0 Å². The van der Waals surface area contributed by atoms with E-state index in [1.165, 1.54) is 19.2 Å². The van der Waals surface area contributed by atoms with Crippen molar-refractivity contribution in [2.45, 2.75) is 0 Å². The van der Waals surface area contributed by atoms with E-state index in [9.17, 15) is 15.0 Å². The highest BCUT2D eigenvalue weighted by Crippen LogP contribution is 2.24. The smallest absolute Gasteiger partial charge is 0.341 e. The third-order valence-corrected chi connectivity index (χ3v) is 2.64. The Kier molecular flexibility index (Phi) is 4.00. The van der Waals surface area contributed by atoms with Crippen LogP contribution in [-0.2, 0) is 4.74 Å². The van der Waals surface area contributed by atoms with Gasteiger partial charge in [0.15, 0.2) is 0 Å². The van der Waals surface area contributed by atoms with Crippen LogP contribution in [0, 0.1) is 0 Å². The number of carbonyl (C=O) groups excluding carboxylic acids is 1. The Morgan fingerprint density at radius 1 is 1.15 bits per heavy atom. The molecule has 0 saturated heterocycles. The van der Waals surface area contributed by atoms with Gasteiger partial charge in [-0.15, -0.1) is 0 Å². The van der Waals surface area contributed by atoms with Crippen molar-refractivity contribution in [3.8, 4) is 11.5 Å². The molecule has 0 aliphatic heterocycles. The quantitative estimate of drug-likeness (QED) is 0.664. The molecule has 20 heavy (non-hydrogen) atoms. The third kappa shape index (κ3) is 3.14. The van der Waals surface area contributed by atoms with Crippen molar-refractivity contribution in [2.75, 3.05) is 7.11 Å². The lowest BCUT2D eigenvalue weighted by molar-refractivity contribution is 0.0597. The highest BCUT2D eigenvalue weighted by molar-refractivity contribution is 5.93. The molecule has 0 fully saturated rings. The van der Waals surface area contributed by atoms with Crippen LogP contribution in [0.25, 0.3) is 0 Å². The van der Waals surface area contributed by atoms with E-state index in [4.69, 9.17) is 0 Å². The highest BCUT2D eigenvalue weighted by atomic mass is 16.5. The molecule has 0 aromatic heterocycles. The number of phenols is 2. The summed E-state index contributed by atoms with van der Waals surface area (Å²) in [6, 6.07) is 10.9. The number of phenolic OH excluding ortho intramolecular Hbond substituents is 2. The molecule has 2 aromatic carbocycles. The number of rotatable bonds is 3. The van der Waals surface area contributed by atoms with Gasteiger partial charge in [0.25, 0.3) is 0 Å². The molecule has 0 radical (unpaired) electrons. The Hall–Kier alpha value is -2.82. The van der Waals surface area contributed by atoms with Crippen LogP contribution in [0.1, 0.15) is 15.9 Å². The third-order valence-electron chi connectivity index (χ3n) is 2.64. The van der Waals surface area contributed by atoms with Gasteiger partial charge in [-0.05, 0) is 48.0 Å². The number of hydrogen-bond acceptors (Lipinski definition) is 5. The summed E-state index contributed by atoms with van der Waals surface area (Å²) in [7, 11) is 1.24. The summed E-state index contributed by atoms with van der Waals surface area (Å²) < 4.78 is 4.57. The molecule has 0 heterocycles. The molecule has 0 unspecified atom stereocenters. The molecule has 102 valence electrons. The van der Waals surface area contributed by atoms with E-state index >= 15 is 0 Å². The maximum atomic E-state index is 11.4. The molecule has 2 aromatic rings. The SMILES string of the molecule is COC(=O)c1cc(/N=C/c2ccc(O)cc2)ccc1O. The summed E-state index contributed by atoms with van der Waals surface area (Å²) in [4.78, 5) is 15.6. The van der Waals surface area contributed by atoms with Crippen LogP contribution in [0.5, 0.6) is 11.5 Å².